The maximum Gasteiger partial charge on any atom is 0.243 e. The van der Waals surface area contributed by atoms with E-state index in [-0.39, 0.29) is 68.8 Å². The molecule has 2 fully saturated rings. The average molecular weight is 1250 g/mol. The van der Waals surface area contributed by atoms with Crippen LogP contribution in [0.4, 0.5) is 0 Å². The van der Waals surface area contributed by atoms with E-state index in [1.807, 2.05) is 30.3 Å². The minimum atomic E-state index is -1.13. The summed E-state index contributed by atoms with van der Waals surface area (Å²) in [5.41, 5.74) is 59.4. The van der Waals surface area contributed by atoms with E-state index in [1.54, 1.807) is 26.0 Å². The number of primary amides is 2. The molecule has 27 heteroatoms. The number of phenolic OH excluding ortho intramolecular Hbond substituents is 1. The van der Waals surface area contributed by atoms with Gasteiger partial charge in [0.2, 0.25) is 47.3 Å². The molecule has 2 aromatic carbocycles. The number of guanidine groups is 2. The standard InChI is InChI=1S/C32H49N9O5.C30H57N9O4/c1-19-15-22(42)16-20(2)23(19)18-27(41-29(44)24(34)11-8-14-38-32(36)37)31(46)39-25(12-6-7-13-33)30(45)40-26(28(35)43)17-21-9-4-3-5-10-21;31-16-8-7-14-23(26(33)40)37-29(43)25(19-21-12-5-2-6-13-21)39-28(42)24(15-9-17-36-30(34)35)38-27(41)22(32)18-20-10-3-1-4-11-20/h3-5,9-10,15-16,24-27,42H,6-8,11-14,17-18,33-34H2,1-2H3,(H2,35,43)(H,39,46)(H,40,45)(H,41,44)(H4,36,37,38);20-25H,1-19,31-32H2,(H2,33,40)(H,37,43)(H,38,41)(H,39,42)(H4,34,35,36)/t24-,25+,26+,27+;22-,23-,24-,25-/m10/s1. The summed E-state index contributed by atoms with van der Waals surface area (Å²) in [7, 11) is 0. The van der Waals surface area contributed by atoms with Crippen LogP contribution in [0.15, 0.2) is 52.4 Å². The van der Waals surface area contributed by atoms with Crippen LogP contribution >= 0.6 is 0 Å². The number of benzene rings is 2. The third-order valence-electron chi connectivity index (χ3n) is 16.3. The molecule has 8 amide bonds. The molecule has 0 bridgehead atoms. The Morgan fingerprint density at radius 3 is 1.38 bits per heavy atom. The SMILES string of the molecule is Cc1cc(O)cc(C)c1C[C@H](NC(=O)[C@H](N)CCCN=C(N)N)C(=O)N[C@@H](CCCCN)C(=O)N[C@@H](Cc1ccccc1)C(N)=O.NCCCC[C@H](NC(=O)[C@H](CC1CCCCC1)NC(=O)[C@H](CCCN=C(N)N)NC(=O)[C@@H](N)CC1CCCCC1)C(N)=O. The van der Waals surface area contributed by atoms with Crippen molar-refractivity contribution in [2.75, 3.05) is 26.2 Å². The van der Waals surface area contributed by atoms with Crippen molar-refractivity contribution in [3.05, 3.63) is 64.7 Å². The smallest absolute Gasteiger partial charge is 0.243 e. The Labute approximate surface area is 524 Å². The van der Waals surface area contributed by atoms with Gasteiger partial charge in [0, 0.05) is 25.9 Å². The Balaban J connectivity index is 0.000000466. The van der Waals surface area contributed by atoms with Crippen LogP contribution < -0.4 is 89.2 Å². The summed E-state index contributed by atoms with van der Waals surface area (Å²) >= 11 is 0. The second-order valence-corrected chi connectivity index (χ2v) is 23.8. The normalized spacial score (nSPS) is 16.1. The van der Waals surface area contributed by atoms with Gasteiger partial charge in [-0.15, -0.1) is 0 Å². The number of nitrogens with two attached hydrogens (primary N) is 10. The van der Waals surface area contributed by atoms with E-state index < -0.39 is 95.6 Å². The number of hydrogen-bond acceptors (Lipinski definition) is 15. The first-order valence-corrected chi connectivity index (χ1v) is 31.7. The van der Waals surface area contributed by atoms with Gasteiger partial charge < -0.3 is 94.3 Å². The molecule has 0 aliphatic heterocycles. The van der Waals surface area contributed by atoms with Crippen LogP contribution in [0.25, 0.3) is 0 Å². The maximum absolute atomic E-state index is 13.8. The zero-order chi connectivity index (χ0) is 65.8. The van der Waals surface area contributed by atoms with E-state index in [9.17, 15) is 43.5 Å². The van der Waals surface area contributed by atoms with Crippen LogP contribution in [0.2, 0.25) is 0 Å². The van der Waals surface area contributed by atoms with Crippen molar-refractivity contribution in [1.29, 1.82) is 0 Å². The first kappa shape index (κ1) is 75.6. The minimum absolute atomic E-state index is 0.0563. The van der Waals surface area contributed by atoms with Crippen molar-refractivity contribution >= 4 is 59.2 Å². The van der Waals surface area contributed by atoms with Gasteiger partial charge in [0.15, 0.2) is 11.9 Å². The number of aromatic hydroxyl groups is 1. The highest BCUT2D eigenvalue weighted by molar-refractivity contribution is 5.96. The highest BCUT2D eigenvalue weighted by atomic mass is 16.3. The third-order valence-corrected chi connectivity index (χ3v) is 16.3. The van der Waals surface area contributed by atoms with Crippen molar-refractivity contribution in [3.8, 4) is 5.75 Å². The number of amides is 8. The van der Waals surface area contributed by atoms with Crippen molar-refractivity contribution in [2.45, 2.75) is 216 Å². The predicted octanol–water partition coefficient (Wildman–Crippen LogP) is -0.379. The zero-order valence-corrected chi connectivity index (χ0v) is 52.5. The van der Waals surface area contributed by atoms with Crippen molar-refractivity contribution < 1.29 is 43.5 Å². The monoisotopic (exact) mass is 1250 g/mol. The quantitative estimate of drug-likeness (QED) is 0.0231. The number of phenols is 1. The van der Waals surface area contributed by atoms with Crippen molar-refractivity contribution in [2.24, 2.45) is 79.2 Å². The number of aryl methyl sites for hydroxylation is 2. The summed E-state index contributed by atoms with van der Waals surface area (Å²) in [4.78, 5) is 113. The second-order valence-electron chi connectivity index (χ2n) is 23.8. The Kier molecular flexibility index (Phi) is 35.3. The largest absolute Gasteiger partial charge is 0.508 e. The van der Waals surface area contributed by atoms with Crippen LogP contribution in [0.5, 0.6) is 5.75 Å². The molecule has 498 valence electrons. The van der Waals surface area contributed by atoms with Gasteiger partial charge in [-0.3, -0.25) is 48.3 Å². The Bertz CT molecular complexity index is 2570. The lowest BCUT2D eigenvalue weighted by Crippen LogP contribution is -2.58. The molecule has 0 heterocycles. The van der Waals surface area contributed by atoms with Gasteiger partial charge in [0.05, 0.1) is 12.1 Å². The third kappa shape index (κ3) is 30.0. The van der Waals surface area contributed by atoms with Gasteiger partial charge in [0.25, 0.3) is 0 Å². The maximum atomic E-state index is 13.8. The topological polar surface area (TPSA) is 514 Å². The van der Waals surface area contributed by atoms with E-state index in [2.05, 4.69) is 41.9 Å². The molecule has 89 heavy (non-hydrogen) atoms. The minimum Gasteiger partial charge on any atom is -0.508 e. The fraction of sp³-hybridized carbons (Fsp3) is 0.645. The van der Waals surface area contributed by atoms with Crippen molar-refractivity contribution in [1.82, 2.24) is 31.9 Å². The number of unbranched alkanes of at least 4 members (excludes halogenated alkanes) is 2. The molecular weight excluding hydrogens is 1140 g/mol. The van der Waals surface area contributed by atoms with Crippen LogP contribution in [0.1, 0.15) is 164 Å². The van der Waals surface area contributed by atoms with Crippen LogP contribution in [0, 0.1) is 25.7 Å². The highest BCUT2D eigenvalue weighted by Gasteiger charge is 2.34. The summed E-state index contributed by atoms with van der Waals surface area (Å²) in [6.45, 7) is 5.00. The number of carbonyl (C=O) groups is 8. The molecule has 0 aromatic heterocycles. The van der Waals surface area contributed by atoms with Gasteiger partial charge >= 0.3 is 0 Å². The lowest BCUT2D eigenvalue weighted by atomic mass is 9.84. The van der Waals surface area contributed by atoms with E-state index in [0.717, 1.165) is 68.9 Å². The molecule has 2 aliphatic rings. The summed E-state index contributed by atoms with van der Waals surface area (Å²) in [5, 5.41) is 26.7. The fourth-order valence-electron chi connectivity index (χ4n) is 11.3. The molecule has 0 radical (unpaired) electrons. The second kappa shape index (κ2) is 41.6. The summed E-state index contributed by atoms with van der Waals surface area (Å²) < 4.78 is 0. The molecular formula is C62H106N18O9. The fourth-order valence-corrected chi connectivity index (χ4v) is 11.3. The van der Waals surface area contributed by atoms with Gasteiger partial charge in [-0.25, -0.2) is 0 Å². The zero-order valence-electron chi connectivity index (χ0n) is 52.5. The molecule has 8 atom stereocenters. The van der Waals surface area contributed by atoms with Crippen LogP contribution in [-0.2, 0) is 51.2 Å². The summed E-state index contributed by atoms with van der Waals surface area (Å²) in [6, 6.07) is 4.65. The number of nitrogens with zero attached hydrogens (tertiary/aromatic N) is 2. The van der Waals surface area contributed by atoms with E-state index in [0.29, 0.717) is 87.9 Å². The Morgan fingerprint density at radius 2 is 0.876 bits per heavy atom. The van der Waals surface area contributed by atoms with E-state index in [1.165, 1.54) is 6.42 Å². The van der Waals surface area contributed by atoms with Gasteiger partial charge in [-0.1, -0.05) is 94.5 Å². The lowest BCUT2D eigenvalue weighted by Gasteiger charge is -2.29. The highest BCUT2D eigenvalue weighted by Crippen LogP contribution is 2.29. The molecule has 0 spiro atoms. The molecule has 2 saturated carbocycles. The summed E-state index contributed by atoms with van der Waals surface area (Å²) in [5.74, 6) is -3.89. The van der Waals surface area contributed by atoms with Crippen LogP contribution in [-0.4, -0.2) is 139 Å². The molecule has 0 unspecified atom stereocenters. The van der Waals surface area contributed by atoms with Gasteiger partial charge in [-0.2, -0.15) is 0 Å². The van der Waals surface area contributed by atoms with Gasteiger partial charge in [0.1, 0.15) is 42.0 Å². The molecule has 2 aliphatic carbocycles. The van der Waals surface area contributed by atoms with Crippen LogP contribution in [0.3, 0.4) is 0 Å². The first-order chi connectivity index (χ1) is 42.4. The molecule has 27 N–H and O–H groups in total. The lowest BCUT2D eigenvalue weighted by molar-refractivity contribution is -0.134. The molecule has 0 saturated heterocycles. The number of nitrogens with one attached hydrogen (secondary N) is 6. The number of rotatable bonds is 38. The van der Waals surface area contributed by atoms with Gasteiger partial charge in [-0.05, 0) is 150 Å². The number of hydrogen-bond donors (Lipinski definition) is 17. The van der Waals surface area contributed by atoms with E-state index >= 15 is 0 Å². The molecule has 27 nitrogen and oxygen atoms in total. The average Bonchev–Trinajstić information content (AvgIpc) is 3.70. The predicted molar refractivity (Wildman–Crippen MR) is 345 cm³/mol. The number of aliphatic imine (C=N–C) groups is 2. The first-order valence-electron chi connectivity index (χ1n) is 31.7. The molecule has 4 rings (SSSR count). The Morgan fingerprint density at radius 1 is 0.472 bits per heavy atom. The summed E-state index contributed by atoms with van der Waals surface area (Å²) in [6.07, 6.45) is 16.5. The Hall–Kier alpha value is -7.62. The number of carbonyl (C=O) groups excluding carboxylic acids is 8. The van der Waals surface area contributed by atoms with Crippen molar-refractivity contribution in [3.63, 3.8) is 0 Å². The molecule has 2 aromatic rings. The van der Waals surface area contributed by atoms with E-state index in [4.69, 9.17) is 57.3 Å².